The lowest BCUT2D eigenvalue weighted by atomic mass is 10.1. The number of benzene rings is 2. The smallest absolute Gasteiger partial charge is 0.161 e. The van der Waals surface area contributed by atoms with Gasteiger partial charge in [0.2, 0.25) is 0 Å². The number of hydrogen-bond donors (Lipinski definition) is 0. The first-order chi connectivity index (χ1) is 9.31. The van der Waals surface area contributed by atoms with Crippen molar-refractivity contribution >= 4 is 21.4 Å². The lowest BCUT2D eigenvalue weighted by Crippen LogP contribution is -1.90. The molecule has 0 radical (unpaired) electrons. The molecule has 3 rings (SSSR count). The van der Waals surface area contributed by atoms with Gasteiger partial charge in [-0.05, 0) is 41.3 Å². The van der Waals surface area contributed by atoms with E-state index in [1.54, 1.807) is 25.6 Å². The van der Waals surface area contributed by atoms with Gasteiger partial charge in [-0.15, -0.1) is 11.3 Å². The summed E-state index contributed by atoms with van der Waals surface area (Å²) in [6.45, 7) is 0. The molecule has 0 spiro atoms. The predicted octanol–water partition coefficient (Wildman–Crippen LogP) is 4.59. The average molecular weight is 270 g/mol. The van der Waals surface area contributed by atoms with Gasteiger partial charge in [0.05, 0.1) is 14.2 Å². The second kappa shape index (κ2) is 4.94. The van der Waals surface area contributed by atoms with Crippen LogP contribution in [0.5, 0.6) is 11.5 Å². The average Bonchev–Trinajstić information content (AvgIpc) is 2.90. The third-order valence-corrected chi connectivity index (χ3v) is 4.26. The fourth-order valence-corrected chi connectivity index (χ4v) is 3.17. The van der Waals surface area contributed by atoms with Crippen LogP contribution in [-0.4, -0.2) is 14.2 Å². The third-order valence-electron chi connectivity index (χ3n) is 3.09. The number of fused-ring (bicyclic) bond motifs is 1. The van der Waals surface area contributed by atoms with Crippen molar-refractivity contribution in [2.75, 3.05) is 14.2 Å². The molecule has 0 unspecified atom stereocenters. The summed E-state index contributed by atoms with van der Waals surface area (Å²) in [6, 6.07) is 16.6. The lowest BCUT2D eigenvalue weighted by molar-refractivity contribution is 0.355. The van der Waals surface area contributed by atoms with Crippen molar-refractivity contribution < 1.29 is 9.47 Å². The maximum atomic E-state index is 5.35. The van der Waals surface area contributed by atoms with Gasteiger partial charge in [-0.1, -0.05) is 18.2 Å². The first kappa shape index (κ1) is 12.1. The van der Waals surface area contributed by atoms with Crippen molar-refractivity contribution in [2.24, 2.45) is 0 Å². The third kappa shape index (κ3) is 2.17. The Hall–Kier alpha value is -2.00. The van der Waals surface area contributed by atoms with Gasteiger partial charge >= 0.3 is 0 Å². The van der Waals surface area contributed by atoms with E-state index in [0.717, 1.165) is 17.1 Å². The monoisotopic (exact) mass is 270 g/mol. The highest BCUT2D eigenvalue weighted by Crippen LogP contribution is 2.37. The fourth-order valence-electron chi connectivity index (χ4n) is 2.11. The van der Waals surface area contributed by atoms with Crippen LogP contribution in [0.25, 0.3) is 20.5 Å². The Morgan fingerprint density at radius 2 is 1.63 bits per heavy atom. The molecule has 3 heteroatoms. The molecule has 2 nitrogen and oxygen atoms in total. The van der Waals surface area contributed by atoms with E-state index in [0.29, 0.717) is 0 Å². The van der Waals surface area contributed by atoms with E-state index in [9.17, 15) is 0 Å². The SMILES string of the molecule is COc1ccc(-c2cc3ccccc3s2)cc1OC. The largest absolute Gasteiger partial charge is 0.493 e. The number of thiophene rings is 1. The Kier molecular flexibility index (Phi) is 3.13. The van der Waals surface area contributed by atoms with Gasteiger partial charge in [0, 0.05) is 9.58 Å². The minimum atomic E-state index is 0.757. The van der Waals surface area contributed by atoms with Crippen molar-refractivity contribution in [1.29, 1.82) is 0 Å². The molecule has 0 aliphatic heterocycles. The van der Waals surface area contributed by atoms with Crippen LogP contribution < -0.4 is 9.47 Å². The molecular weight excluding hydrogens is 256 g/mol. The molecule has 3 aromatic rings. The van der Waals surface area contributed by atoms with Gasteiger partial charge in [0.25, 0.3) is 0 Å². The van der Waals surface area contributed by atoms with E-state index in [-0.39, 0.29) is 0 Å². The van der Waals surface area contributed by atoms with Gasteiger partial charge in [-0.3, -0.25) is 0 Å². The summed E-state index contributed by atoms with van der Waals surface area (Å²) >= 11 is 1.79. The van der Waals surface area contributed by atoms with Crippen LogP contribution >= 0.6 is 11.3 Å². The van der Waals surface area contributed by atoms with E-state index in [1.807, 2.05) is 12.1 Å². The Labute approximate surface area is 116 Å². The molecule has 0 atom stereocenters. The normalized spacial score (nSPS) is 10.6. The van der Waals surface area contributed by atoms with Crippen molar-refractivity contribution in [3.8, 4) is 21.9 Å². The molecular formula is C16H14O2S. The van der Waals surface area contributed by atoms with Crippen molar-refractivity contribution in [1.82, 2.24) is 0 Å². The summed E-state index contributed by atoms with van der Waals surface area (Å²) in [7, 11) is 3.31. The highest BCUT2D eigenvalue weighted by Gasteiger charge is 2.08. The minimum absolute atomic E-state index is 0.757. The quantitative estimate of drug-likeness (QED) is 0.693. The maximum absolute atomic E-state index is 5.35. The molecule has 0 bridgehead atoms. The second-order valence-corrected chi connectivity index (χ2v) is 5.30. The molecule has 0 aliphatic rings. The number of hydrogen-bond acceptors (Lipinski definition) is 3. The maximum Gasteiger partial charge on any atom is 0.161 e. The van der Waals surface area contributed by atoms with Crippen LogP contribution in [0.4, 0.5) is 0 Å². The van der Waals surface area contributed by atoms with Gasteiger partial charge in [-0.2, -0.15) is 0 Å². The molecule has 0 saturated heterocycles. The summed E-state index contributed by atoms with van der Waals surface area (Å²) in [5.74, 6) is 1.52. The summed E-state index contributed by atoms with van der Waals surface area (Å²) in [4.78, 5) is 1.24. The summed E-state index contributed by atoms with van der Waals surface area (Å²) < 4.78 is 11.9. The van der Waals surface area contributed by atoms with E-state index < -0.39 is 0 Å². The fraction of sp³-hybridized carbons (Fsp3) is 0.125. The first-order valence-corrected chi connectivity index (χ1v) is 6.84. The van der Waals surface area contributed by atoms with Crippen molar-refractivity contribution in [2.45, 2.75) is 0 Å². The number of ether oxygens (including phenoxy) is 2. The molecule has 96 valence electrons. The predicted molar refractivity (Wildman–Crippen MR) is 80.4 cm³/mol. The van der Waals surface area contributed by atoms with Crippen LogP contribution in [-0.2, 0) is 0 Å². The Bertz CT molecular complexity index is 683. The zero-order valence-electron chi connectivity index (χ0n) is 10.8. The van der Waals surface area contributed by atoms with Gasteiger partial charge < -0.3 is 9.47 Å². The lowest BCUT2D eigenvalue weighted by Gasteiger charge is -2.08. The molecule has 1 heterocycles. The highest BCUT2D eigenvalue weighted by atomic mass is 32.1. The summed E-state index contributed by atoms with van der Waals surface area (Å²) in [5, 5.41) is 1.28. The standard InChI is InChI=1S/C16H14O2S/c1-17-13-8-7-12(9-14(13)18-2)16-10-11-5-3-4-6-15(11)19-16/h3-10H,1-2H3. The van der Waals surface area contributed by atoms with Crippen LogP contribution in [0.15, 0.2) is 48.5 Å². The Morgan fingerprint density at radius 1 is 0.842 bits per heavy atom. The second-order valence-electron chi connectivity index (χ2n) is 4.22. The topological polar surface area (TPSA) is 18.5 Å². The summed E-state index contributed by atoms with van der Waals surface area (Å²) in [5.41, 5.74) is 1.15. The van der Waals surface area contributed by atoms with Crippen molar-refractivity contribution in [3.63, 3.8) is 0 Å². The molecule has 2 aromatic carbocycles. The molecule has 0 N–H and O–H groups in total. The molecule has 0 saturated carbocycles. The van der Waals surface area contributed by atoms with Crippen LogP contribution in [0.1, 0.15) is 0 Å². The zero-order chi connectivity index (χ0) is 13.2. The van der Waals surface area contributed by atoms with E-state index in [1.165, 1.54) is 15.0 Å². The van der Waals surface area contributed by atoms with E-state index in [2.05, 4.69) is 36.4 Å². The molecule has 0 fully saturated rings. The summed E-state index contributed by atoms with van der Waals surface area (Å²) in [6.07, 6.45) is 0. The van der Waals surface area contributed by atoms with Gasteiger partial charge in [0.1, 0.15) is 0 Å². The van der Waals surface area contributed by atoms with E-state index in [4.69, 9.17) is 9.47 Å². The van der Waals surface area contributed by atoms with Crippen LogP contribution in [0, 0.1) is 0 Å². The minimum Gasteiger partial charge on any atom is -0.493 e. The van der Waals surface area contributed by atoms with Crippen molar-refractivity contribution in [3.05, 3.63) is 48.5 Å². The number of methoxy groups -OCH3 is 2. The first-order valence-electron chi connectivity index (χ1n) is 6.03. The van der Waals surface area contributed by atoms with E-state index >= 15 is 0 Å². The number of rotatable bonds is 3. The highest BCUT2D eigenvalue weighted by molar-refractivity contribution is 7.22. The van der Waals surface area contributed by atoms with Gasteiger partial charge in [0.15, 0.2) is 11.5 Å². The Morgan fingerprint density at radius 3 is 2.37 bits per heavy atom. The molecule has 0 amide bonds. The van der Waals surface area contributed by atoms with Crippen LogP contribution in [0.3, 0.4) is 0 Å². The Balaban J connectivity index is 2.10. The molecule has 0 aliphatic carbocycles. The van der Waals surface area contributed by atoms with Gasteiger partial charge in [-0.25, -0.2) is 0 Å². The van der Waals surface area contributed by atoms with Crippen LogP contribution in [0.2, 0.25) is 0 Å². The molecule has 1 aromatic heterocycles. The molecule has 19 heavy (non-hydrogen) atoms. The zero-order valence-corrected chi connectivity index (χ0v) is 11.7.